The zero-order chi connectivity index (χ0) is 11.5. The molecule has 2 aliphatic rings. The minimum absolute atomic E-state index is 0.412. The molecule has 1 aliphatic heterocycles. The van der Waals surface area contributed by atoms with Crippen LogP contribution in [0.1, 0.15) is 46.0 Å². The topological polar surface area (TPSA) is 29.3 Å². The predicted molar refractivity (Wildman–Crippen MR) is 69.3 cm³/mol. The van der Waals surface area contributed by atoms with Gasteiger partial charge in [0, 0.05) is 19.1 Å². The maximum Gasteiger partial charge on any atom is 0.0194 e. The van der Waals surface area contributed by atoms with Crippen LogP contribution in [0.3, 0.4) is 0 Å². The van der Waals surface area contributed by atoms with E-state index in [1.165, 1.54) is 45.2 Å². The molecule has 1 heterocycles. The van der Waals surface area contributed by atoms with Gasteiger partial charge in [0.2, 0.25) is 0 Å². The van der Waals surface area contributed by atoms with E-state index in [0.717, 1.165) is 24.3 Å². The fraction of sp³-hybridized carbons (Fsp3) is 1.00. The molecule has 2 heteroatoms. The molecule has 4 unspecified atom stereocenters. The standard InChI is InChI=1S/C14H28N2/c1-11-4-3-5-13(8-11)9-16-7-6-12(2)14(15)10-16/h11-14H,3-10,15H2,1-2H3. The van der Waals surface area contributed by atoms with Crippen molar-refractivity contribution in [3.8, 4) is 0 Å². The molecule has 0 spiro atoms. The van der Waals surface area contributed by atoms with Gasteiger partial charge >= 0.3 is 0 Å². The Kier molecular flexibility index (Phi) is 4.26. The number of rotatable bonds is 2. The molecule has 94 valence electrons. The Balaban J connectivity index is 1.76. The van der Waals surface area contributed by atoms with Gasteiger partial charge in [0.05, 0.1) is 0 Å². The molecule has 2 fully saturated rings. The lowest BCUT2D eigenvalue weighted by molar-refractivity contribution is 0.125. The van der Waals surface area contributed by atoms with Gasteiger partial charge in [0.1, 0.15) is 0 Å². The number of nitrogens with zero attached hydrogens (tertiary/aromatic N) is 1. The monoisotopic (exact) mass is 224 g/mol. The fourth-order valence-corrected chi connectivity index (χ4v) is 3.43. The van der Waals surface area contributed by atoms with Gasteiger partial charge in [-0.3, -0.25) is 0 Å². The lowest BCUT2D eigenvalue weighted by atomic mass is 9.81. The highest BCUT2D eigenvalue weighted by Crippen LogP contribution is 2.30. The third-order valence-corrected chi connectivity index (χ3v) is 4.66. The van der Waals surface area contributed by atoms with Crippen molar-refractivity contribution in [2.24, 2.45) is 23.5 Å². The molecule has 0 aromatic rings. The summed E-state index contributed by atoms with van der Waals surface area (Å²) in [5.41, 5.74) is 6.16. The molecule has 0 amide bonds. The second kappa shape index (κ2) is 5.50. The van der Waals surface area contributed by atoms with Crippen molar-refractivity contribution in [2.45, 2.75) is 52.0 Å². The molecular weight excluding hydrogens is 196 g/mol. The molecule has 16 heavy (non-hydrogen) atoms. The SMILES string of the molecule is CC1CCCC(CN2CCC(C)C(N)C2)C1. The third kappa shape index (κ3) is 3.21. The quantitative estimate of drug-likeness (QED) is 0.781. The normalized spacial score (nSPS) is 42.2. The van der Waals surface area contributed by atoms with E-state index < -0.39 is 0 Å². The van der Waals surface area contributed by atoms with Gasteiger partial charge in [-0.05, 0) is 43.6 Å². The van der Waals surface area contributed by atoms with Crippen molar-refractivity contribution < 1.29 is 0 Å². The van der Waals surface area contributed by atoms with E-state index in [0.29, 0.717) is 6.04 Å². The molecule has 2 rings (SSSR count). The lowest BCUT2D eigenvalue weighted by Gasteiger charge is -2.38. The van der Waals surface area contributed by atoms with E-state index in [-0.39, 0.29) is 0 Å². The highest BCUT2D eigenvalue weighted by molar-refractivity contribution is 4.82. The second-order valence-electron chi connectivity index (χ2n) is 6.33. The first kappa shape index (κ1) is 12.4. The summed E-state index contributed by atoms with van der Waals surface area (Å²) in [6.45, 7) is 8.43. The van der Waals surface area contributed by atoms with Gasteiger partial charge in [-0.1, -0.05) is 26.7 Å². The van der Waals surface area contributed by atoms with Crippen LogP contribution in [0.4, 0.5) is 0 Å². The summed E-state index contributed by atoms with van der Waals surface area (Å²) in [4.78, 5) is 2.62. The average molecular weight is 224 g/mol. The van der Waals surface area contributed by atoms with Gasteiger partial charge in [-0.25, -0.2) is 0 Å². The van der Waals surface area contributed by atoms with Crippen molar-refractivity contribution in [3.05, 3.63) is 0 Å². The van der Waals surface area contributed by atoms with E-state index in [2.05, 4.69) is 18.7 Å². The highest BCUT2D eigenvalue weighted by Gasteiger charge is 2.26. The van der Waals surface area contributed by atoms with Gasteiger partial charge in [0.15, 0.2) is 0 Å². The Bertz CT molecular complexity index is 217. The Hall–Kier alpha value is -0.0800. The lowest BCUT2D eigenvalue weighted by Crippen LogP contribution is -2.49. The van der Waals surface area contributed by atoms with Crippen LogP contribution in [-0.4, -0.2) is 30.6 Å². The van der Waals surface area contributed by atoms with E-state index in [9.17, 15) is 0 Å². The first-order valence-electron chi connectivity index (χ1n) is 7.13. The molecular formula is C14H28N2. The molecule has 2 N–H and O–H groups in total. The summed E-state index contributed by atoms with van der Waals surface area (Å²) in [5.74, 6) is 2.63. The maximum atomic E-state index is 6.16. The Morgan fingerprint density at radius 3 is 2.69 bits per heavy atom. The van der Waals surface area contributed by atoms with Crippen LogP contribution >= 0.6 is 0 Å². The molecule has 0 bridgehead atoms. The molecule has 0 aromatic carbocycles. The van der Waals surface area contributed by atoms with Gasteiger partial charge in [-0.15, -0.1) is 0 Å². The molecule has 0 aromatic heterocycles. The third-order valence-electron chi connectivity index (χ3n) is 4.66. The van der Waals surface area contributed by atoms with Crippen molar-refractivity contribution in [3.63, 3.8) is 0 Å². The zero-order valence-electron chi connectivity index (χ0n) is 11.0. The number of hydrogen-bond acceptors (Lipinski definition) is 2. The summed E-state index contributed by atoms with van der Waals surface area (Å²) in [7, 11) is 0. The molecule has 1 saturated carbocycles. The van der Waals surface area contributed by atoms with Crippen LogP contribution < -0.4 is 5.73 Å². The summed E-state index contributed by atoms with van der Waals surface area (Å²) < 4.78 is 0. The number of likely N-dealkylation sites (tertiary alicyclic amines) is 1. The van der Waals surface area contributed by atoms with Gasteiger partial charge in [-0.2, -0.15) is 0 Å². The molecule has 2 nitrogen and oxygen atoms in total. The molecule has 4 atom stereocenters. The van der Waals surface area contributed by atoms with Crippen LogP contribution in [0.15, 0.2) is 0 Å². The van der Waals surface area contributed by atoms with E-state index >= 15 is 0 Å². The first-order valence-corrected chi connectivity index (χ1v) is 7.13. The highest BCUT2D eigenvalue weighted by atomic mass is 15.1. The number of piperidine rings is 1. The smallest absolute Gasteiger partial charge is 0.0194 e. The summed E-state index contributed by atoms with van der Waals surface area (Å²) in [5, 5.41) is 0. The van der Waals surface area contributed by atoms with Crippen LogP contribution in [0.25, 0.3) is 0 Å². The minimum Gasteiger partial charge on any atom is -0.326 e. The Morgan fingerprint density at radius 1 is 1.19 bits per heavy atom. The van der Waals surface area contributed by atoms with Crippen molar-refractivity contribution >= 4 is 0 Å². The second-order valence-corrected chi connectivity index (χ2v) is 6.33. The molecule has 1 saturated heterocycles. The van der Waals surface area contributed by atoms with Gasteiger partial charge in [0.25, 0.3) is 0 Å². The van der Waals surface area contributed by atoms with Crippen LogP contribution in [0, 0.1) is 17.8 Å². The Morgan fingerprint density at radius 2 is 2.00 bits per heavy atom. The molecule has 0 radical (unpaired) electrons. The van der Waals surface area contributed by atoms with Gasteiger partial charge < -0.3 is 10.6 Å². The molecule has 1 aliphatic carbocycles. The van der Waals surface area contributed by atoms with E-state index in [1.54, 1.807) is 0 Å². The van der Waals surface area contributed by atoms with Crippen LogP contribution in [0.2, 0.25) is 0 Å². The Labute approximate surface area is 101 Å². The average Bonchev–Trinajstić information content (AvgIpc) is 2.24. The zero-order valence-corrected chi connectivity index (χ0v) is 11.0. The first-order chi connectivity index (χ1) is 7.65. The largest absolute Gasteiger partial charge is 0.326 e. The van der Waals surface area contributed by atoms with E-state index in [4.69, 9.17) is 5.73 Å². The van der Waals surface area contributed by atoms with Crippen LogP contribution in [0.5, 0.6) is 0 Å². The minimum atomic E-state index is 0.412. The van der Waals surface area contributed by atoms with E-state index in [1.807, 2.05) is 0 Å². The number of nitrogens with two attached hydrogens (primary N) is 1. The number of hydrogen-bond donors (Lipinski definition) is 1. The predicted octanol–water partition coefficient (Wildman–Crippen LogP) is 2.48. The summed E-state index contributed by atoms with van der Waals surface area (Å²) in [6, 6.07) is 0.412. The van der Waals surface area contributed by atoms with Crippen molar-refractivity contribution in [1.82, 2.24) is 4.90 Å². The fourth-order valence-electron chi connectivity index (χ4n) is 3.43. The maximum absolute atomic E-state index is 6.16. The van der Waals surface area contributed by atoms with Crippen molar-refractivity contribution in [1.29, 1.82) is 0 Å². The summed E-state index contributed by atoms with van der Waals surface area (Å²) in [6.07, 6.45) is 7.09. The van der Waals surface area contributed by atoms with Crippen LogP contribution in [-0.2, 0) is 0 Å². The summed E-state index contributed by atoms with van der Waals surface area (Å²) >= 11 is 0. The van der Waals surface area contributed by atoms with Crippen molar-refractivity contribution in [2.75, 3.05) is 19.6 Å².